The van der Waals surface area contributed by atoms with E-state index in [1.54, 1.807) is 0 Å². The van der Waals surface area contributed by atoms with Gasteiger partial charge in [-0.05, 0) is 24.6 Å². The lowest BCUT2D eigenvalue weighted by atomic mass is 9.90. The van der Waals surface area contributed by atoms with E-state index >= 15 is 0 Å². The molecule has 17 heavy (non-hydrogen) atoms. The van der Waals surface area contributed by atoms with Crippen molar-refractivity contribution in [3.63, 3.8) is 0 Å². The molecule has 1 N–H and O–H groups in total. The van der Waals surface area contributed by atoms with Crippen LogP contribution in [0.3, 0.4) is 0 Å². The monoisotopic (exact) mass is 302 g/mol. The minimum atomic E-state index is -1.61. The summed E-state index contributed by atoms with van der Waals surface area (Å²) in [5, 5.41) is 9.02. The molecule has 0 bridgehead atoms. The minimum absolute atomic E-state index is 0.00424. The second-order valence-electron chi connectivity index (χ2n) is 4.02. The normalized spacial score (nSPS) is 22.9. The van der Waals surface area contributed by atoms with Gasteiger partial charge in [0.2, 0.25) is 5.60 Å². The summed E-state index contributed by atoms with van der Waals surface area (Å²) < 4.78 is 18.3. The summed E-state index contributed by atoms with van der Waals surface area (Å²) in [5.74, 6) is -2.63. The van der Waals surface area contributed by atoms with E-state index in [1.807, 2.05) is 0 Å². The lowest BCUT2D eigenvalue weighted by Gasteiger charge is -2.31. The molecule has 4 nitrogen and oxygen atoms in total. The van der Waals surface area contributed by atoms with Crippen LogP contribution in [0.1, 0.15) is 22.8 Å². The van der Waals surface area contributed by atoms with Gasteiger partial charge < -0.3 is 9.84 Å². The van der Waals surface area contributed by atoms with E-state index < -0.39 is 23.4 Å². The summed E-state index contributed by atoms with van der Waals surface area (Å²) in [6.45, 7) is 1.31. The fourth-order valence-corrected chi connectivity index (χ4v) is 2.29. The third-order valence-electron chi connectivity index (χ3n) is 2.66. The van der Waals surface area contributed by atoms with E-state index in [9.17, 15) is 14.0 Å². The topological polar surface area (TPSA) is 63.6 Å². The zero-order chi connectivity index (χ0) is 12.8. The standard InChI is InChI=1S/C11H8BrFO4/c1-11(10(15)16)4-7-6(9(14)17-11)2-5(13)3-8(7)12/h2-3H,4H2,1H3,(H,15,16). The van der Waals surface area contributed by atoms with Gasteiger partial charge in [0.05, 0.1) is 5.56 Å². The van der Waals surface area contributed by atoms with Gasteiger partial charge in [-0.15, -0.1) is 0 Å². The molecule has 90 valence electrons. The molecular weight excluding hydrogens is 295 g/mol. The van der Waals surface area contributed by atoms with Crippen LogP contribution in [0.25, 0.3) is 0 Å². The van der Waals surface area contributed by atoms with Crippen molar-refractivity contribution in [1.82, 2.24) is 0 Å². The van der Waals surface area contributed by atoms with Crippen molar-refractivity contribution >= 4 is 27.9 Å². The summed E-state index contributed by atoms with van der Waals surface area (Å²) in [7, 11) is 0. The number of carbonyl (C=O) groups excluding carboxylic acids is 1. The number of rotatable bonds is 1. The second kappa shape index (κ2) is 3.80. The van der Waals surface area contributed by atoms with Crippen LogP contribution in [-0.4, -0.2) is 22.6 Å². The number of ether oxygens (including phenoxy) is 1. The number of esters is 1. The van der Waals surface area contributed by atoms with Crippen molar-refractivity contribution in [3.05, 3.63) is 33.5 Å². The van der Waals surface area contributed by atoms with Gasteiger partial charge in [-0.1, -0.05) is 15.9 Å². The van der Waals surface area contributed by atoms with E-state index in [2.05, 4.69) is 15.9 Å². The number of cyclic esters (lactones) is 1. The van der Waals surface area contributed by atoms with Crippen LogP contribution in [0.15, 0.2) is 16.6 Å². The molecule has 1 atom stereocenters. The molecule has 0 fully saturated rings. The van der Waals surface area contributed by atoms with Gasteiger partial charge in [0.1, 0.15) is 5.82 Å². The molecule has 0 spiro atoms. The molecule has 0 saturated heterocycles. The largest absolute Gasteiger partial charge is 0.478 e. The number of hydrogen-bond acceptors (Lipinski definition) is 3. The molecule has 1 heterocycles. The molecular formula is C11H8BrFO4. The maximum Gasteiger partial charge on any atom is 0.348 e. The van der Waals surface area contributed by atoms with Crippen molar-refractivity contribution < 1.29 is 23.8 Å². The van der Waals surface area contributed by atoms with Crippen LogP contribution in [0.2, 0.25) is 0 Å². The zero-order valence-electron chi connectivity index (χ0n) is 8.79. The maximum atomic E-state index is 13.1. The smallest absolute Gasteiger partial charge is 0.348 e. The van der Waals surface area contributed by atoms with Crippen molar-refractivity contribution in [2.24, 2.45) is 0 Å². The van der Waals surface area contributed by atoms with E-state index in [0.29, 0.717) is 10.0 Å². The molecule has 1 aromatic rings. The number of aliphatic carboxylic acids is 1. The number of carbonyl (C=O) groups is 2. The Morgan fingerprint density at radius 3 is 2.82 bits per heavy atom. The highest BCUT2D eigenvalue weighted by Gasteiger charge is 2.43. The summed E-state index contributed by atoms with van der Waals surface area (Å²) in [6, 6.07) is 2.24. The first-order valence-electron chi connectivity index (χ1n) is 4.78. The molecule has 0 aromatic heterocycles. The van der Waals surface area contributed by atoms with Crippen molar-refractivity contribution in [2.45, 2.75) is 18.9 Å². The first kappa shape index (κ1) is 12.0. The average Bonchev–Trinajstić information content (AvgIpc) is 2.20. The Hall–Kier alpha value is -1.43. The molecule has 1 unspecified atom stereocenters. The molecule has 2 rings (SSSR count). The lowest BCUT2D eigenvalue weighted by molar-refractivity contribution is -0.158. The predicted octanol–water partition coefficient (Wildman–Crippen LogP) is 2.14. The Labute approximate surface area is 105 Å². The van der Waals surface area contributed by atoms with Crippen LogP contribution in [0.4, 0.5) is 4.39 Å². The number of halogens is 2. The third-order valence-corrected chi connectivity index (χ3v) is 3.37. The molecule has 1 aliphatic heterocycles. The Kier molecular flexibility index (Phi) is 2.69. The Morgan fingerprint density at radius 1 is 1.59 bits per heavy atom. The van der Waals surface area contributed by atoms with E-state index in [0.717, 1.165) is 6.07 Å². The van der Waals surface area contributed by atoms with Crippen molar-refractivity contribution in [3.8, 4) is 0 Å². The SMILES string of the molecule is CC1(C(=O)O)Cc2c(Br)cc(F)cc2C(=O)O1. The van der Waals surface area contributed by atoms with Crippen LogP contribution in [0, 0.1) is 5.82 Å². The first-order chi connectivity index (χ1) is 7.83. The average molecular weight is 303 g/mol. The summed E-state index contributed by atoms with van der Waals surface area (Å²) in [5.41, 5.74) is -1.09. The first-order valence-corrected chi connectivity index (χ1v) is 5.57. The fourth-order valence-electron chi connectivity index (χ4n) is 1.72. The summed E-state index contributed by atoms with van der Waals surface area (Å²) >= 11 is 3.12. The van der Waals surface area contributed by atoms with Crippen LogP contribution >= 0.6 is 15.9 Å². The number of fused-ring (bicyclic) bond motifs is 1. The van der Waals surface area contributed by atoms with Gasteiger partial charge >= 0.3 is 11.9 Å². The molecule has 0 aliphatic carbocycles. The van der Waals surface area contributed by atoms with Crippen LogP contribution in [-0.2, 0) is 16.0 Å². The van der Waals surface area contributed by atoms with Crippen LogP contribution in [0.5, 0.6) is 0 Å². The molecule has 0 amide bonds. The molecule has 1 aliphatic rings. The number of benzene rings is 1. The van der Waals surface area contributed by atoms with E-state index in [4.69, 9.17) is 9.84 Å². The van der Waals surface area contributed by atoms with Crippen LogP contribution < -0.4 is 0 Å². The maximum absolute atomic E-state index is 13.1. The highest BCUT2D eigenvalue weighted by molar-refractivity contribution is 9.10. The highest BCUT2D eigenvalue weighted by Crippen LogP contribution is 2.33. The van der Waals surface area contributed by atoms with Gasteiger partial charge in [-0.2, -0.15) is 0 Å². The number of hydrogen-bond donors (Lipinski definition) is 1. The highest BCUT2D eigenvalue weighted by atomic mass is 79.9. The van der Waals surface area contributed by atoms with Gasteiger partial charge in [0, 0.05) is 10.9 Å². The van der Waals surface area contributed by atoms with E-state index in [1.165, 1.54) is 13.0 Å². The Morgan fingerprint density at radius 2 is 2.24 bits per heavy atom. The van der Waals surface area contributed by atoms with E-state index in [-0.39, 0.29) is 12.0 Å². The molecule has 0 saturated carbocycles. The third kappa shape index (κ3) is 1.93. The second-order valence-corrected chi connectivity index (χ2v) is 4.87. The molecule has 1 aromatic carbocycles. The van der Waals surface area contributed by atoms with Gasteiger partial charge in [0.25, 0.3) is 0 Å². The number of carboxylic acids is 1. The lowest BCUT2D eigenvalue weighted by Crippen LogP contribution is -2.46. The number of carboxylic acid groups (broad SMARTS) is 1. The predicted molar refractivity (Wildman–Crippen MR) is 59.3 cm³/mol. The quantitative estimate of drug-likeness (QED) is 0.807. The van der Waals surface area contributed by atoms with Gasteiger partial charge in [-0.25, -0.2) is 14.0 Å². The summed E-state index contributed by atoms with van der Waals surface area (Å²) in [4.78, 5) is 22.7. The fraction of sp³-hybridized carbons (Fsp3) is 0.273. The zero-order valence-corrected chi connectivity index (χ0v) is 10.4. The van der Waals surface area contributed by atoms with Gasteiger partial charge in [-0.3, -0.25) is 0 Å². The summed E-state index contributed by atoms with van der Waals surface area (Å²) in [6.07, 6.45) is 0.00424. The Balaban J connectivity index is 2.58. The van der Waals surface area contributed by atoms with Crippen molar-refractivity contribution in [1.29, 1.82) is 0 Å². The molecule has 6 heteroatoms. The van der Waals surface area contributed by atoms with Crippen molar-refractivity contribution in [2.75, 3.05) is 0 Å². The van der Waals surface area contributed by atoms with Gasteiger partial charge in [0.15, 0.2) is 0 Å². The minimum Gasteiger partial charge on any atom is -0.478 e. The molecule has 0 radical (unpaired) electrons. The Bertz CT molecular complexity index is 528.